The molecular weight excluding hydrogens is 352 g/mol. The number of ether oxygens (including phenoxy) is 1. The van der Waals surface area contributed by atoms with Crippen molar-refractivity contribution in [2.45, 2.75) is 13.3 Å². The molecule has 0 aliphatic rings. The molecule has 0 saturated carbocycles. The van der Waals surface area contributed by atoms with Crippen LogP contribution in [0.2, 0.25) is 0 Å². The molecule has 21 heavy (non-hydrogen) atoms. The molecule has 1 aromatic carbocycles. The van der Waals surface area contributed by atoms with Crippen LogP contribution in [-0.2, 0) is 0 Å². The lowest BCUT2D eigenvalue weighted by Crippen LogP contribution is -2.17. The molecule has 4 nitrogen and oxygen atoms in total. The third-order valence-electron chi connectivity index (χ3n) is 2.54. The summed E-state index contributed by atoms with van der Waals surface area (Å²) in [6.07, 6.45) is 2.57. The SMILES string of the molecule is CCCOc1ccc(C(=O)N/N=C\c2ccc(Br)s2)cc1. The molecule has 110 valence electrons. The minimum atomic E-state index is -0.246. The molecule has 2 rings (SSSR count). The molecule has 0 aliphatic carbocycles. The third kappa shape index (κ3) is 4.99. The standard InChI is InChI=1S/C15H15BrN2O2S/c1-2-9-20-12-5-3-11(4-6-12)15(19)18-17-10-13-7-8-14(16)21-13/h3-8,10H,2,9H2,1H3,(H,18,19)/b17-10-. The highest BCUT2D eigenvalue weighted by Crippen LogP contribution is 2.20. The first kappa shape index (κ1) is 15.7. The van der Waals surface area contributed by atoms with Crippen LogP contribution in [0, 0.1) is 0 Å². The summed E-state index contributed by atoms with van der Waals surface area (Å²) in [5, 5.41) is 3.94. The Morgan fingerprint density at radius 1 is 1.33 bits per heavy atom. The molecule has 1 amide bonds. The van der Waals surface area contributed by atoms with Crippen LogP contribution < -0.4 is 10.2 Å². The van der Waals surface area contributed by atoms with Gasteiger partial charge in [0.05, 0.1) is 16.6 Å². The zero-order valence-electron chi connectivity index (χ0n) is 11.5. The van der Waals surface area contributed by atoms with Crippen LogP contribution in [-0.4, -0.2) is 18.7 Å². The summed E-state index contributed by atoms with van der Waals surface area (Å²) in [6, 6.07) is 10.9. The number of benzene rings is 1. The molecular formula is C15H15BrN2O2S. The largest absolute Gasteiger partial charge is 0.494 e. The summed E-state index contributed by atoms with van der Waals surface area (Å²) in [4.78, 5) is 12.9. The van der Waals surface area contributed by atoms with Crippen LogP contribution in [0.25, 0.3) is 0 Å². The van der Waals surface area contributed by atoms with Gasteiger partial charge in [-0.1, -0.05) is 6.92 Å². The molecule has 1 heterocycles. The number of hydrazone groups is 1. The number of carbonyl (C=O) groups is 1. The molecule has 6 heteroatoms. The molecule has 2 aromatic rings. The van der Waals surface area contributed by atoms with E-state index in [1.165, 1.54) is 0 Å². The van der Waals surface area contributed by atoms with E-state index in [1.54, 1.807) is 41.8 Å². The quantitative estimate of drug-likeness (QED) is 0.618. The van der Waals surface area contributed by atoms with Crippen molar-refractivity contribution < 1.29 is 9.53 Å². The van der Waals surface area contributed by atoms with E-state index in [4.69, 9.17) is 4.74 Å². The van der Waals surface area contributed by atoms with Crippen molar-refractivity contribution >= 4 is 39.4 Å². The average molecular weight is 367 g/mol. The molecule has 0 radical (unpaired) electrons. The Morgan fingerprint density at radius 2 is 2.10 bits per heavy atom. The zero-order valence-corrected chi connectivity index (χ0v) is 13.9. The van der Waals surface area contributed by atoms with Crippen LogP contribution in [0.5, 0.6) is 5.75 Å². The Bertz CT molecular complexity index is 623. The predicted molar refractivity (Wildman–Crippen MR) is 89.3 cm³/mol. The van der Waals surface area contributed by atoms with Gasteiger partial charge in [-0.3, -0.25) is 4.79 Å². The molecule has 0 fully saturated rings. The summed E-state index contributed by atoms with van der Waals surface area (Å²) < 4.78 is 6.49. The van der Waals surface area contributed by atoms with Gasteiger partial charge >= 0.3 is 0 Å². The smallest absolute Gasteiger partial charge is 0.271 e. The number of hydrogen-bond acceptors (Lipinski definition) is 4. The van der Waals surface area contributed by atoms with Gasteiger partial charge in [-0.15, -0.1) is 11.3 Å². The van der Waals surface area contributed by atoms with E-state index in [2.05, 4.69) is 26.5 Å². The lowest BCUT2D eigenvalue weighted by molar-refractivity contribution is 0.0955. The maximum atomic E-state index is 11.9. The van der Waals surface area contributed by atoms with Gasteiger partial charge in [-0.2, -0.15) is 5.10 Å². The average Bonchev–Trinajstić information content (AvgIpc) is 2.91. The van der Waals surface area contributed by atoms with Gasteiger partial charge in [0.1, 0.15) is 5.75 Å². The van der Waals surface area contributed by atoms with Crippen LogP contribution in [0.3, 0.4) is 0 Å². The second kappa shape index (κ2) is 7.95. The van der Waals surface area contributed by atoms with Gasteiger partial charge in [-0.25, -0.2) is 5.43 Å². The van der Waals surface area contributed by atoms with E-state index in [0.29, 0.717) is 12.2 Å². The molecule has 0 atom stereocenters. The van der Waals surface area contributed by atoms with Gasteiger partial charge in [0.15, 0.2) is 0 Å². The minimum absolute atomic E-state index is 0.246. The fourth-order valence-corrected chi connectivity index (χ4v) is 2.83. The zero-order chi connectivity index (χ0) is 15.1. The highest BCUT2D eigenvalue weighted by molar-refractivity contribution is 9.11. The summed E-state index contributed by atoms with van der Waals surface area (Å²) in [7, 11) is 0. The Balaban J connectivity index is 1.89. The van der Waals surface area contributed by atoms with Crippen molar-refractivity contribution in [3.8, 4) is 5.75 Å². The van der Waals surface area contributed by atoms with Gasteiger partial charge in [0.2, 0.25) is 0 Å². The first-order chi connectivity index (χ1) is 10.2. The summed E-state index contributed by atoms with van der Waals surface area (Å²) >= 11 is 4.92. The lowest BCUT2D eigenvalue weighted by atomic mass is 10.2. The Labute approximate surface area is 136 Å². The topological polar surface area (TPSA) is 50.7 Å². The van der Waals surface area contributed by atoms with Crippen LogP contribution in [0.4, 0.5) is 0 Å². The van der Waals surface area contributed by atoms with Crippen LogP contribution >= 0.6 is 27.3 Å². The van der Waals surface area contributed by atoms with E-state index in [1.807, 2.05) is 19.1 Å². The normalized spacial score (nSPS) is 10.8. The summed E-state index contributed by atoms with van der Waals surface area (Å²) in [5.41, 5.74) is 3.05. The van der Waals surface area contributed by atoms with Crippen molar-refractivity contribution in [2.24, 2.45) is 5.10 Å². The molecule has 0 spiro atoms. The molecule has 0 bridgehead atoms. The maximum Gasteiger partial charge on any atom is 0.271 e. The third-order valence-corrected chi connectivity index (χ3v) is 4.10. The highest BCUT2D eigenvalue weighted by Gasteiger charge is 2.04. The summed E-state index contributed by atoms with van der Waals surface area (Å²) in [6.45, 7) is 2.72. The number of hydrogen-bond donors (Lipinski definition) is 1. The minimum Gasteiger partial charge on any atom is -0.494 e. The van der Waals surface area contributed by atoms with Gasteiger partial charge in [0, 0.05) is 10.4 Å². The maximum absolute atomic E-state index is 11.9. The monoisotopic (exact) mass is 366 g/mol. The van der Waals surface area contributed by atoms with Gasteiger partial charge in [0.25, 0.3) is 5.91 Å². The number of nitrogens with zero attached hydrogens (tertiary/aromatic N) is 1. The molecule has 1 aromatic heterocycles. The van der Waals surface area contributed by atoms with Crippen molar-refractivity contribution in [1.29, 1.82) is 0 Å². The van der Waals surface area contributed by atoms with Crippen molar-refractivity contribution in [2.75, 3.05) is 6.61 Å². The highest BCUT2D eigenvalue weighted by atomic mass is 79.9. The number of amides is 1. The van der Waals surface area contributed by atoms with E-state index in [-0.39, 0.29) is 5.91 Å². The molecule has 0 aliphatic heterocycles. The Hall–Kier alpha value is -1.66. The van der Waals surface area contributed by atoms with E-state index >= 15 is 0 Å². The molecule has 0 unspecified atom stereocenters. The second-order valence-corrected chi connectivity index (χ2v) is 6.71. The lowest BCUT2D eigenvalue weighted by Gasteiger charge is -2.05. The van der Waals surface area contributed by atoms with Crippen molar-refractivity contribution in [1.82, 2.24) is 5.43 Å². The number of halogens is 1. The van der Waals surface area contributed by atoms with E-state index in [0.717, 1.165) is 20.8 Å². The molecule has 0 saturated heterocycles. The fraction of sp³-hybridized carbons (Fsp3) is 0.200. The number of carbonyl (C=O) groups excluding carboxylic acids is 1. The number of thiophene rings is 1. The molecule has 1 N–H and O–H groups in total. The predicted octanol–water partition coefficient (Wildman–Crippen LogP) is 4.06. The van der Waals surface area contributed by atoms with Crippen molar-refractivity contribution in [3.05, 3.63) is 50.6 Å². The van der Waals surface area contributed by atoms with Crippen LogP contribution in [0.1, 0.15) is 28.6 Å². The first-order valence-electron chi connectivity index (χ1n) is 6.50. The van der Waals surface area contributed by atoms with E-state index < -0.39 is 0 Å². The van der Waals surface area contributed by atoms with Crippen LogP contribution in [0.15, 0.2) is 45.3 Å². The summed E-state index contributed by atoms with van der Waals surface area (Å²) in [5.74, 6) is 0.518. The second-order valence-electron chi connectivity index (χ2n) is 4.21. The Kier molecular flexibility index (Phi) is 5.95. The first-order valence-corrected chi connectivity index (χ1v) is 8.11. The van der Waals surface area contributed by atoms with E-state index in [9.17, 15) is 4.79 Å². The Morgan fingerprint density at radius 3 is 2.71 bits per heavy atom. The van der Waals surface area contributed by atoms with Gasteiger partial charge < -0.3 is 4.74 Å². The number of nitrogens with one attached hydrogen (secondary N) is 1. The van der Waals surface area contributed by atoms with Crippen molar-refractivity contribution in [3.63, 3.8) is 0 Å². The van der Waals surface area contributed by atoms with Gasteiger partial charge in [-0.05, 0) is 58.7 Å². The number of rotatable bonds is 6. The fourth-order valence-electron chi connectivity index (χ4n) is 1.54.